The van der Waals surface area contributed by atoms with Crippen molar-refractivity contribution in [2.75, 3.05) is 12.3 Å². The summed E-state index contributed by atoms with van der Waals surface area (Å²) < 4.78 is 41.6. The Hall–Kier alpha value is -3.06. The van der Waals surface area contributed by atoms with Crippen LogP contribution < -0.4 is 11.1 Å². The summed E-state index contributed by atoms with van der Waals surface area (Å²) in [7, 11) is 1.68. The molecule has 0 aromatic carbocycles. The molecule has 0 radical (unpaired) electrons. The summed E-state index contributed by atoms with van der Waals surface area (Å²) in [5, 5.41) is 6.38. The average molecular weight is 393 g/mol. The number of halogens is 3. The first-order valence-electron chi connectivity index (χ1n) is 7.65. The van der Waals surface area contributed by atoms with Crippen LogP contribution in [0.25, 0.3) is 5.52 Å². The molecule has 27 heavy (non-hydrogen) atoms. The lowest BCUT2D eigenvalue weighted by molar-refractivity contribution is -0.0329. The van der Waals surface area contributed by atoms with Crippen LogP contribution in [0.3, 0.4) is 0 Å². The quantitative estimate of drug-likeness (QED) is 0.530. The van der Waals surface area contributed by atoms with E-state index in [9.17, 15) is 18.0 Å². The lowest BCUT2D eigenvalue weighted by Crippen LogP contribution is -2.23. The van der Waals surface area contributed by atoms with Crippen molar-refractivity contribution in [2.24, 2.45) is 7.05 Å². The van der Waals surface area contributed by atoms with Crippen molar-refractivity contribution >= 4 is 28.9 Å². The van der Waals surface area contributed by atoms with Gasteiger partial charge in [0.2, 0.25) is 0 Å². The predicted octanol–water partition coefficient (Wildman–Crippen LogP) is 2.65. The lowest BCUT2D eigenvalue weighted by Gasteiger charge is -2.07. The molecule has 3 aromatic heterocycles. The highest BCUT2D eigenvalue weighted by Crippen LogP contribution is 2.40. The fraction of sp³-hybridized carbons (Fsp3) is 0.176. The van der Waals surface area contributed by atoms with E-state index in [2.05, 4.69) is 22.3 Å². The maximum absolute atomic E-state index is 12.9. The van der Waals surface area contributed by atoms with E-state index in [-0.39, 0.29) is 34.8 Å². The van der Waals surface area contributed by atoms with E-state index >= 15 is 0 Å². The lowest BCUT2D eigenvalue weighted by atomic mass is 10.3. The first-order chi connectivity index (χ1) is 12.7. The van der Waals surface area contributed by atoms with Gasteiger partial charge in [0.15, 0.2) is 0 Å². The molecule has 0 aliphatic carbocycles. The van der Waals surface area contributed by atoms with Crippen molar-refractivity contribution < 1.29 is 18.0 Å². The second kappa shape index (κ2) is 7.28. The maximum Gasteiger partial charge on any atom is 0.447 e. The third-order valence-corrected chi connectivity index (χ3v) is 4.38. The Morgan fingerprint density at radius 1 is 1.44 bits per heavy atom. The number of thioether (sulfide) groups is 1. The van der Waals surface area contributed by atoms with Gasteiger partial charge in [-0.1, -0.05) is 11.8 Å². The number of pyridine rings is 1. The second-order valence-corrected chi connectivity index (χ2v) is 6.57. The fourth-order valence-corrected chi connectivity index (χ4v) is 3.10. The molecule has 3 heterocycles. The molecule has 6 nitrogen and oxygen atoms in total. The van der Waals surface area contributed by atoms with Crippen molar-refractivity contribution in [2.45, 2.75) is 10.5 Å². The molecular weight excluding hydrogens is 379 g/mol. The number of carbonyl (C=O) groups excluding carboxylic acids is 1. The first kappa shape index (κ1) is 18.7. The minimum atomic E-state index is -4.47. The molecule has 1 amide bonds. The van der Waals surface area contributed by atoms with Crippen molar-refractivity contribution in [3.05, 3.63) is 47.9 Å². The summed E-state index contributed by atoms with van der Waals surface area (Å²) in [5.41, 5.74) is 2.71. The molecule has 0 aliphatic rings. The Bertz CT molecular complexity index is 1060. The van der Waals surface area contributed by atoms with Crippen LogP contribution in [0.2, 0.25) is 0 Å². The molecule has 0 atom stereocenters. The minimum absolute atomic E-state index is 0.0223. The Kier molecular flexibility index (Phi) is 5.05. The third kappa shape index (κ3) is 4.38. The summed E-state index contributed by atoms with van der Waals surface area (Å²) in [6.45, 7) is -0.0223. The molecule has 3 N–H and O–H groups in total. The number of aromatic nitrogens is 3. The SMILES string of the molecule is Cn1cc(C(=O)NCC#Cc2cc3c(N)cccn3c2SC(F)(F)F)cn1. The number of nitrogens with zero attached hydrogens (tertiary/aromatic N) is 3. The van der Waals surface area contributed by atoms with Gasteiger partial charge in [0.05, 0.1) is 35.1 Å². The van der Waals surface area contributed by atoms with E-state index in [4.69, 9.17) is 5.73 Å². The van der Waals surface area contributed by atoms with Crippen LogP contribution in [0.1, 0.15) is 15.9 Å². The van der Waals surface area contributed by atoms with Gasteiger partial charge >= 0.3 is 5.51 Å². The van der Waals surface area contributed by atoms with E-state index in [0.29, 0.717) is 16.8 Å². The van der Waals surface area contributed by atoms with Crippen LogP contribution in [0.4, 0.5) is 18.9 Å². The number of nitrogens with one attached hydrogen (secondary N) is 1. The number of anilines is 1. The van der Waals surface area contributed by atoms with Crippen molar-refractivity contribution in [3.8, 4) is 11.8 Å². The molecule has 0 spiro atoms. The van der Waals surface area contributed by atoms with Crippen LogP contribution in [0.5, 0.6) is 0 Å². The van der Waals surface area contributed by atoms with Crippen molar-refractivity contribution in [1.29, 1.82) is 0 Å². The van der Waals surface area contributed by atoms with E-state index in [0.717, 1.165) is 0 Å². The fourth-order valence-electron chi connectivity index (χ4n) is 2.40. The Labute approximate surface area is 156 Å². The van der Waals surface area contributed by atoms with Crippen LogP contribution in [0.15, 0.2) is 41.8 Å². The zero-order valence-electron chi connectivity index (χ0n) is 14.0. The Morgan fingerprint density at radius 2 is 2.22 bits per heavy atom. The van der Waals surface area contributed by atoms with Gasteiger partial charge in [0, 0.05) is 31.2 Å². The molecule has 0 saturated carbocycles. The summed E-state index contributed by atoms with van der Waals surface area (Å²) in [4.78, 5) is 11.9. The number of nitrogens with two attached hydrogens (primary N) is 1. The van der Waals surface area contributed by atoms with Gasteiger partial charge in [0.25, 0.3) is 5.91 Å². The molecule has 0 aliphatic heterocycles. The molecule has 0 bridgehead atoms. The zero-order chi connectivity index (χ0) is 19.6. The molecule has 140 valence electrons. The summed E-state index contributed by atoms with van der Waals surface area (Å²) in [6, 6.07) is 4.66. The standard InChI is InChI=1S/C17H14F3N5OS/c1-24-10-12(9-23-24)15(26)22-6-2-4-11-8-14-13(21)5-3-7-25(14)16(11)27-17(18,19)20/h3,5,7-10H,6,21H2,1H3,(H,22,26). The second-order valence-electron chi connectivity index (χ2n) is 5.52. The average Bonchev–Trinajstić information content (AvgIpc) is 3.16. The smallest absolute Gasteiger partial charge is 0.397 e. The zero-order valence-corrected chi connectivity index (χ0v) is 14.9. The summed E-state index contributed by atoms with van der Waals surface area (Å²) >= 11 is -0.257. The highest BCUT2D eigenvalue weighted by Gasteiger charge is 2.32. The van der Waals surface area contributed by atoms with Gasteiger partial charge < -0.3 is 15.5 Å². The van der Waals surface area contributed by atoms with E-state index in [1.165, 1.54) is 27.5 Å². The number of carbonyl (C=O) groups is 1. The minimum Gasteiger partial charge on any atom is -0.397 e. The number of fused-ring (bicyclic) bond motifs is 1. The number of alkyl halides is 3. The van der Waals surface area contributed by atoms with Crippen LogP contribution in [0, 0.1) is 11.8 Å². The number of hydrogen-bond acceptors (Lipinski definition) is 4. The maximum atomic E-state index is 12.9. The number of aryl methyl sites for hydroxylation is 1. The molecule has 0 saturated heterocycles. The topological polar surface area (TPSA) is 77.3 Å². The summed E-state index contributed by atoms with van der Waals surface area (Å²) in [6.07, 6.45) is 4.45. The van der Waals surface area contributed by atoms with Crippen LogP contribution >= 0.6 is 11.8 Å². The summed E-state index contributed by atoms with van der Waals surface area (Å²) in [5.74, 6) is 4.99. The number of hydrogen-bond donors (Lipinski definition) is 2. The molecular formula is C17H14F3N5OS. The third-order valence-electron chi connectivity index (χ3n) is 3.54. The van der Waals surface area contributed by atoms with E-state index < -0.39 is 5.51 Å². The largest absolute Gasteiger partial charge is 0.447 e. The predicted molar refractivity (Wildman–Crippen MR) is 96.1 cm³/mol. The van der Waals surface area contributed by atoms with Crippen LogP contribution in [-0.2, 0) is 7.05 Å². The molecule has 10 heteroatoms. The van der Waals surface area contributed by atoms with Crippen molar-refractivity contribution in [3.63, 3.8) is 0 Å². The molecule has 3 rings (SSSR count). The van der Waals surface area contributed by atoms with E-state index in [1.54, 1.807) is 25.4 Å². The van der Waals surface area contributed by atoms with Gasteiger partial charge in [-0.3, -0.25) is 9.48 Å². The monoisotopic (exact) mass is 393 g/mol. The van der Waals surface area contributed by atoms with Gasteiger partial charge in [-0.05, 0) is 18.2 Å². The van der Waals surface area contributed by atoms with Gasteiger partial charge in [0.1, 0.15) is 5.03 Å². The normalized spacial score (nSPS) is 11.3. The van der Waals surface area contributed by atoms with Crippen LogP contribution in [-0.4, -0.2) is 32.1 Å². The van der Waals surface area contributed by atoms with Gasteiger partial charge in [-0.15, -0.1) is 0 Å². The van der Waals surface area contributed by atoms with Crippen molar-refractivity contribution in [1.82, 2.24) is 19.5 Å². The number of rotatable bonds is 3. The molecule has 0 unspecified atom stereocenters. The highest BCUT2D eigenvalue weighted by molar-refractivity contribution is 8.00. The number of amides is 1. The van der Waals surface area contributed by atoms with Gasteiger partial charge in [-0.2, -0.15) is 18.3 Å². The molecule has 0 fully saturated rings. The Balaban J connectivity index is 1.82. The molecule has 3 aromatic rings. The van der Waals surface area contributed by atoms with E-state index in [1.807, 2.05) is 0 Å². The first-order valence-corrected chi connectivity index (χ1v) is 8.47. The highest BCUT2D eigenvalue weighted by atomic mass is 32.2. The number of nitrogen functional groups attached to an aromatic ring is 1. The van der Waals surface area contributed by atoms with Gasteiger partial charge in [-0.25, -0.2) is 0 Å². The Morgan fingerprint density at radius 3 is 2.89 bits per heavy atom.